The Bertz CT molecular complexity index is 132. The fourth-order valence-electron chi connectivity index (χ4n) is 1.76. The van der Waals surface area contributed by atoms with Gasteiger partial charge >= 0.3 is 0 Å². The quantitative estimate of drug-likeness (QED) is 0.750. The van der Waals surface area contributed by atoms with Crippen molar-refractivity contribution in [2.75, 3.05) is 11.5 Å². The molecule has 0 bridgehead atoms. The summed E-state index contributed by atoms with van der Waals surface area (Å²) in [6, 6.07) is 1.47. The van der Waals surface area contributed by atoms with E-state index in [4.69, 9.17) is 0 Å². The highest BCUT2D eigenvalue weighted by molar-refractivity contribution is 7.99. The van der Waals surface area contributed by atoms with Gasteiger partial charge in [-0.2, -0.15) is 11.8 Å². The normalized spacial score (nSPS) is 28.4. The van der Waals surface area contributed by atoms with E-state index < -0.39 is 0 Å². The summed E-state index contributed by atoms with van der Waals surface area (Å²) in [5.74, 6) is 3.50. The highest BCUT2D eigenvalue weighted by Gasteiger charge is 2.17. The summed E-state index contributed by atoms with van der Waals surface area (Å²) in [7, 11) is 0. The Morgan fingerprint density at radius 1 is 1.46 bits per heavy atom. The topological polar surface area (TPSA) is 12.0 Å². The molecule has 1 rings (SSSR count). The molecule has 0 aromatic carbocycles. The summed E-state index contributed by atoms with van der Waals surface area (Å²) in [5, 5.41) is 3.75. The first-order chi connectivity index (χ1) is 6.24. The van der Waals surface area contributed by atoms with Crippen LogP contribution in [0, 0.1) is 5.92 Å². The minimum atomic E-state index is 0.689. The molecule has 1 heterocycles. The zero-order valence-corrected chi connectivity index (χ0v) is 9.99. The van der Waals surface area contributed by atoms with Gasteiger partial charge in [-0.3, -0.25) is 0 Å². The third-order valence-corrected chi connectivity index (χ3v) is 4.37. The maximum atomic E-state index is 3.75. The van der Waals surface area contributed by atoms with E-state index in [1.807, 2.05) is 0 Å². The second-order valence-corrected chi connectivity index (χ2v) is 5.40. The van der Waals surface area contributed by atoms with Gasteiger partial charge in [-0.25, -0.2) is 0 Å². The van der Waals surface area contributed by atoms with Crippen LogP contribution in [0.4, 0.5) is 0 Å². The summed E-state index contributed by atoms with van der Waals surface area (Å²) in [4.78, 5) is 0. The van der Waals surface area contributed by atoms with Gasteiger partial charge < -0.3 is 5.32 Å². The van der Waals surface area contributed by atoms with Crippen LogP contribution in [-0.2, 0) is 0 Å². The molecule has 3 unspecified atom stereocenters. The predicted octanol–water partition coefficient (Wildman–Crippen LogP) is 2.91. The third-order valence-electron chi connectivity index (χ3n) is 3.16. The number of nitrogens with one attached hydrogen (secondary N) is 1. The highest BCUT2D eigenvalue weighted by atomic mass is 32.2. The largest absolute Gasteiger partial charge is 0.310 e. The van der Waals surface area contributed by atoms with Crippen LogP contribution in [0.1, 0.15) is 40.0 Å². The Balaban J connectivity index is 2.21. The molecule has 1 fully saturated rings. The van der Waals surface area contributed by atoms with Gasteiger partial charge in [0.1, 0.15) is 0 Å². The number of hydrogen-bond acceptors (Lipinski definition) is 2. The van der Waals surface area contributed by atoms with Crippen molar-refractivity contribution in [3.63, 3.8) is 0 Å². The second-order valence-electron chi connectivity index (χ2n) is 4.25. The SMILES string of the molecule is CCC(C)C(C)NC1CCCSC1. The maximum absolute atomic E-state index is 3.75. The Kier molecular flexibility index (Phi) is 5.18. The second kappa shape index (κ2) is 5.92. The molecule has 1 nitrogen and oxygen atoms in total. The van der Waals surface area contributed by atoms with Crippen molar-refractivity contribution in [1.82, 2.24) is 5.32 Å². The number of thioether (sulfide) groups is 1. The molecule has 0 spiro atoms. The lowest BCUT2D eigenvalue weighted by atomic mass is 9.99. The van der Waals surface area contributed by atoms with Gasteiger partial charge in [0.25, 0.3) is 0 Å². The van der Waals surface area contributed by atoms with Crippen molar-refractivity contribution in [3.05, 3.63) is 0 Å². The molecule has 78 valence electrons. The Morgan fingerprint density at radius 3 is 2.77 bits per heavy atom. The zero-order chi connectivity index (χ0) is 9.68. The van der Waals surface area contributed by atoms with Crippen LogP contribution in [0.5, 0.6) is 0 Å². The summed E-state index contributed by atoms with van der Waals surface area (Å²) in [6.45, 7) is 6.94. The molecule has 1 aliphatic rings. The molecular weight excluding hydrogens is 178 g/mol. The van der Waals surface area contributed by atoms with Gasteiger partial charge in [0, 0.05) is 17.8 Å². The van der Waals surface area contributed by atoms with Gasteiger partial charge in [0.2, 0.25) is 0 Å². The van der Waals surface area contributed by atoms with E-state index in [0.717, 1.165) is 12.0 Å². The average molecular weight is 201 g/mol. The standard InChI is InChI=1S/C11H23NS/c1-4-9(2)10(3)12-11-6-5-7-13-8-11/h9-12H,4-8H2,1-3H3. The molecule has 0 aromatic rings. The highest BCUT2D eigenvalue weighted by Crippen LogP contribution is 2.18. The van der Waals surface area contributed by atoms with E-state index in [1.165, 1.54) is 30.8 Å². The molecular formula is C11H23NS. The zero-order valence-electron chi connectivity index (χ0n) is 9.18. The lowest BCUT2D eigenvalue weighted by Crippen LogP contribution is -2.42. The molecule has 3 atom stereocenters. The summed E-state index contributed by atoms with van der Waals surface area (Å²) in [6.07, 6.45) is 4.07. The Labute approximate surface area is 87.1 Å². The lowest BCUT2D eigenvalue weighted by molar-refractivity contribution is 0.347. The van der Waals surface area contributed by atoms with Crippen LogP contribution in [0.15, 0.2) is 0 Å². The maximum Gasteiger partial charge on any atom is 0.0161 e. The van der Waals surface area contributed by atoms with E-state index in [-0.39, 0.29) is 0 Å². The van der Waals surface area contributed by atoms with E-state index in [2.05, 4.69) is 37.8 Å². The van der Waals surface area contributed by atoms with Crippen molar-refractivity contribution in [1.29, 1.82) is 0 Å². The van der Waals surface area contributed by atoms with Gasteiger partial charge in [-0.05, 0) is 31.4 Å². The molecule has 2 heteroatoms. The van der Waals surface area contributed by atoms with Crippen molar-refractivity contribution in [2.45, 2.75) is 52.1 Å². The molecule has 1 aliphatic heterocycles. The molecule has 13 heavy (non-hydrogen) atoms. The van der Waals surface area contributed by atoms with Gasteiger partial charge in [-0.1, -0.05) is 20.3 Å². The molecule has 0 saturated carbocycles. The monoisotopic (exact) mass is 201 g/mol. The molecule has 0 aliphatic carbocycles. The van der Waals surface area contributed by atoms with Crippen molar-refractivity contribution < 1.29 is 0 Å². The molecule has 1 N–H and O–H groups in total. The summed E-state index contributed by atoms with van der Waals surface area (Å²) < 4.78 is 0. The van der Waals surface area contributed by atoms with Gasteiger partial charge in [0.15, 0.2) is 0 Å². The van der Waals surface area contributed by atoms with Crippen LogP contribution in [0.2, 0.25) is 0 Å². The lowest BCUT2D eigenvalue weighted by Gasteiger charge is -2.29. The minimum Gasteiger partial charge on any atom is -0.310 e. The fourth-order valence-corrected chi connectivity index (χ4v) is 2.85. The van der Waals surface area contributed by atoms with E-state index in [0.29, 0.717) is 6.04 Å². The molecule has 0 aromatic heterocycles. The van der Waals surface area contributed by atoms with Crippen LogP contribution in [-0.4, -0.2) is 23.6 Å². The van der Waals surface area contributed by atoms with Crippen LogP contribution in [0.25, 0.3) is 0 Å². The van der Waals surface area contributed by atoms with Crippen LogP contribution in [0.3, 0.4) is 0 Å². The van der Waals surface area contributed by atoms with E-state index in [9.17, 15) is 0 Å². The van der Waals surface area contributed by atoms with Crippen molar-refractivity contribution in [2.24, 2.45) is 5.92 Å². The van der Waals surface area contributed by atoms with Crippen molar-refractivity contribution in [3.8, 4) is 0 Å². The first-order valence-electron chi connectivity index (χ1n) is 5.57. The molecule has 1 saturated heterocycles. The summed E-state index contributed by atoms with van der Waals surface area (Å²) >= 11 is 2.10. The molecule has 0 radical (unpaired) electrons. The smallest absolute Gasteiger partial charge is 0.0161 e. The number of hydrogen-bond donors (Lipinski definition) is 1. The Morgan fingerprint density at radius 2 is 2.23 bits per heavy atom. The third kappa shape index (κ3) is 3.90. The average Bonchev–Trinajstić information content (AvgIpc) is 2.18. The van der Waals surface area contributed by atoms with Gasteiger partial charge in [0.05, 0.1) is 0 Å². The first-order valence-corrected chi connectivity index (χ1v) is 6.73. The van der Waals surface area contributed by atoms with E-state index >= 15 is 0 Å². The summed E-state index contributed by atoms with van der Waals surface area (Å²) in [5.41, 5.74) is 0. The van der Waals surface area contributed by atoms with Crippen LogP contribution < -0.4 is 5.32 Å². The first kappa shape index (κ1) is 11.4. The minimum absolute atomic E-state index is 0.689. The molecule has 0 amide bonds. The van der Waals surface area contributed by atoms with Crippen molar-refractivity contribution >= 4 is 11.8 Å². The Hall–Kier alpha value is 0.310. The fraction of sp³-hybridized carbons (Fsp3) is 1.00. The van der Waals surface area contributed by atoms with E-state index in [1.54, 1.807) is 0 Å². The number of rotatable bonds is 4. The van der Waals surface area contributed by atoms with Crippen LogP contribution >= 0.6 is 11.8 Å². The predicted molar refractivity (Wildman–Crippen MR) is 62.4 cm³/mol. The van der Waals surface area contributed by atoms with Gasteiger partial charge in [-0.15, -0.1) is 0 Å².